The van der Waals surface area contributed by atoms with E-state index in [-0.39, 0.29) is 40.7 Å². The molecule has 0 spiro atoms. The van der Waals surface area contributed by atoms with E-state index in [4.69, 9.17) is 42.5 Å². The molecule has 84 heavy (non-hydrogen) atoms. The van der Waals surface area contributed by atoms with Crippen LogP contribution in [0.4, 0.5) is 4.39 Å². The van der Waals surface area contributed by atoms with Gasteiger partial charge in [0.05, 0.1) is 42.1 Å². The highest BCUT2D eigenvalue weighted by Gasteiger charge is 2.63. The molecule has 0 aliphatic carbocycles. The molecule has 0 radical (unpaired) electrons. The van der Waals surface area contributed by atoms with Crippen LogP contribution in [0.2, 0.25) is 0 Å². The topological polar surface area (TPSA) is 94.8 Å². The molecule has 0 unspecified atom stereocenters. The van der Waals surface area contributed by atoms with E-state index in [1.54, 1.807) is 0 Å². The van der Waals surface area contributed by atoms with E-state index in [1.807, 2.05) is 165 Å². The Morgan fingerprint density at radius 2 is 0.607 bits per heavy atom. The molecule has 0 bridgehead atoms. The van der Waals surface area contributed by atoms with Gasteiger partial charge in [-0.3, -0.25) is 4.39 Å². The Hall–Kier alpha value is -5.04. The van der Waals surface area contributed by atoms with E-state index < -0.39 is 21.2 Å². The third-order valence-electron chi connectivity index (χ3n) is 16.4. The zero-order chi connectivity index (χ0) is 61.3. The molecule has 3 fully saturated rings. The third-order valence-corrected chi connectivity index (χ3v) is 18.5. The van der Waals surface area contributed by atoms with Crippen LogP contribution in [-0.4, -0.2) is 61.9 Å². The van der Waals surface area contributed by atoms with E-state index in [9.17, 15) is 4.39 Å². The summed E-state index contributed by atoms with van der Waals surface area (Å²) in [5, 5.41) is 6.89. The summed E-state index contributed by atoms with van der Waals surface area (Å²) < 4.78 is 73.4. The van der Waals surface area contributed by atoms with E-state index in [1.165, 1.54) is 27.3 Å². The molecule has 3 aromatic heterocycles. The van der Waals surface area contributed by atoms with Gasteiger partial charge in [-0.05, 0) is 191 Å². The lowest BCUT2D eigenvalue weighted by Crippen LogP contribution is -2.41. The maximum absolute atomic E-state index is 9.96. The standard InChI is InChI=1S/C18H19BO3.C18H11BrO.C12H24B2O4.C12H7BrO.C6H4Br2.CH3F/c1-17(2)18(3,4)22-19(21-17)12-9-10-16-14(11-12)13-7-5-6-8-15(13)20-16;19-14-8-5-12(6-9-14)13-7-10-18-16(11-13)15-3-1-2-4-17(15)20-18;1-9(2)10(3,4)16-13(15-9)14-17-11(5,6)12(7,8)18-14;13-8-5-6-12-10(7-8)9-3-1-2-4-11(9)14-12;7-5-1-2-6(8)4-3-5;1-2/h5-11H,1-4H3;1-11H;1-8H3;1-7H;1-4H;1H3/i;;;;;1D. The third kappa shape index (κ3) is 13.7. The number of halogens is 5. The summed E-state index contributed by atoms with van der Waals surface area (Å²) in [7, 11) is -2.30. The molecule has 0 atom stereocenters. The molecule has 6 heterocycles. The Morgan fingerprint density at radius 3 is 1.01 bits per heavy atom. The predicted octanol–water partition coefficient (Wildman–Crippen LogP) is 20.3. The van der Waals surface area contributed by atoms with Crippen molar-refractivity contribution in [2.75, 3.05) is 7.15 Å². The van der Waals surface area contributed by atoms with E-state index in [0.717, 1.165) is 73.0 Å². The molecule has 0 N–H and O–H groups in total. The first-order valence-corrected chi connectivity index (χ1v) is 30.8. The smallest absolute Gasteiger partial charge is 0.456 e. The summed E-state index contributed by atoms with van der Waals surface area (Å²) in [4.78, 5) is 0. The molecule has 17 heteroatoms. The highest BCUT2D eigenvalue weighted by molar-refractivity contribution is 9.11. The van der Waals surface area contributed by atoms with Crippen molar-refractivity contribution in [3.05, 3.63) is 194 Å². The van der Waals surface area contributed by atoms with Gasteiger partial charge in [0.2, 0.25) is 0 Å². The van der Waals surface area contributed by atoms with Crippen LogP contribution in [0.3, 0.4) is 0 Å². The SMILES string of the molecule is Brc1ccc(-c2ccc3oc4ccccc4c3c2)cc1.Brc1ccc(Br)cc1.Brc1ccc2oc3ccccc3c2c1.CC1(C)OB(B2OC(C)(C)C(C)(C)O2)OC1(C)C.CC1(C)OB(c2ccc3oc4ccccc4c3c2)OC1(C)C.[2H]CF. The van der Waals surface area contributed by atoms with Crippen molar-refractivity contribution in [3.63, 3.8) is 0 Å². The molecular weight excluding hydrogens is 1320 g/mol. The first-order valence-electron chi connectivity index (χ1n) is 28.3. The summed E-state index contributed by atoms with van der Waals surface area (Å²) in [5.74, 6) is 0. The summed E-state index contributed by atoms with van der Waals surface area (Å²) in [6, 6.07) is 59.2. The Labute approximate surface area is 527 Å². The number of fused-ring (bicyclic) bond motifs is 9. The van der Waals surface area contributed by atoms with Gasteiger partial charge in [-0.1, -0.05) is 149 Å². The number of benzene rings is 8. The van der Waals surface area contributed by atoms with Crippen molar-refractivity contribution in [3.8, 4) is 11.1 Å². The number of hydrogen-bond donors (Lipinski definition) is 0. The first kappa shape index (κ1) is 62.0. The largest absolute Gasteiger partial charge is 0.494 e. The second-order valence-electron chi connectivity index (χ2n) is 23.7. The van der Waals surface area contributed by atoms with Gasteiger partial charge in [0.25, 0.3) is 0 Å². The summed E-state index contributed by atoms with van der Waals surface area (Å²) in [6.45, 7) is 24.5. The maximum Gasteiger partial charge on any atom is 0.494 e. The van der Waals surface area contributed by atoms with Gasteiger partial charge in [-0.25, -0.2) is 0 Å². The fourth-order valence-electron chi connectivity index (χ4n) is 9.54. The van der Waals surface area contributed by atoms with Crippen molar-refractivity contribution < 1.29 is 46.9 Å². The van der Waals surface area contributed by atoms with Crippen LogP contribution in [0.1, 0.15) is 84.5 Å². The highest BCUT2D eigenvalue weighted by atomic mass is 79.9. The van der Waals surface area contributed by atoms with Crippen molar-refractivity contribution in [2.45, 2.75) is 117 Å². The minimum Gasteiger partial charge on any atom is -0.456 e. The quantitative estimate of drug-likeness (QED) is 0.160. The van der Waals surface area contributed by atoms with E-state index in [2.05, 4.69) is 158 Å². The zero-order valence-electron chi connectivity index (χ0n) is 50.2. The average Bonchev–Trinajstić information content (AvgIpc) is 2.01. The number of alkyl halides is 1. The lowest BCUT2D eigenvalue weighted by molar-refractivity contribution is 0.00578. The molecule has 434 valence electrons. The van der Waals surface area contributed by atoms with Gasteiger partial charge in [0.15, 0.2) is 0 Å². The molecule has 0 saturated carbocycles. The predicted molar refractivity (Wildman–Crippen MR) is 359 cm³/mol. The maximum atomic E-state index is 9.96. The molecule has 8 aromatic carbocycles. The van der Waals surface area contributed by atoms with Gasteiger partial charge >= 0.3 is 21.1 Å². The Kier molecular flexibility index (Phi) is 18.7. The molecule has 3 aliphatic rings. The van der Waals surface area contributed by atoms with Crippen molar-refractivity contribution in [1.82, 2.24) is 0 Å². The van der Waals surface area contributed by atoms with Crippen LogP contribution in [0.25, 0.3) is 76.9 Å². The molecule has 14 rings (SSSR count). The van der Waals surface area contributed by atoms with Crippen molar-refractivity contribution >= 4 is 156 Å². The minimum absolute atomic E-state index is 0.328. The summed E-state index contributed by atoms with van der Waals surface area (Å²) >= 11 is 13.6. The van der Waals surface area contributed by atoms with Gasteiger partial charge < -0.3 is 41.2 Å². The summed E-state index contributed by atoms with van der Waals surface area (Å²) in [6.07, 6.45) is 0. The van der Waals surface area contributed by atoms with E-state index >= 15 is 0 Å². The van der Waals surface area contributed by atoms with Crippen LogP contribution >= 0.6 is 63.7 Å². The van der Waals surface area contributed by atoms with Crippen LogP contribution in [-0.2, 0) is 27.9 Å². The monoisotopic (exact) mass is 1390 g/mol. The number of para-hydroxylation sites is 3. The lowest BCUT2D eigenvalue weighted by atomic mass is 9.49. The number of hydrogen-bond acceptors (Lipinski definition) is 9. The minimum atomic E-state index is -1.00. The number of furan rings is 3. The average molecular weight is 1390 g/mol. The fourth-order valence-corrected chi connectivity index (χ4v) is 10.7. The van der Waals surface area contributed by atoms with Crippen LogP contribution in [0, 0.1) is 0 Å². The zero-order valence-corrected chi connectivity index (χ0v) is 55.6. The summed E-state index contributed by atoms with van der Waals surface area (Å²) in [5.41, 5.74) is 6.90. The number of rotatable bonds is 3. The van der Waals surface area contributed by atoms with Crippen molar-refractivity contribution in [1.29, 1.82) is 0 Å². The Bertz CT molecular complexity index is 3990. The van der Waals surface area contributed by atoms with Crippen LogP contribution < -0.4 is 5.46 Å². The molecular formula is C67H68B3Br4FO9. The van der Waals surface area contributed by atoms with Gasteiger partial charge in [-0.2, -0.15) is 0 Å². The molecule has 0 amide bonds. The molecule has 11 aromatic rings. The second-order valence-corrected chi connectivity index (χ2v) is 27.3. The fraction of sp³-hybridized carbons (Fsp3) is 0.284. The van der Waals surface area contributed by atoms with Crippen LogP contribution in [0.15, 0.2) is 207 Å². The van der Waals surface area contributed by atoms with Crippen LogP contribution in [0.5, 0.6) is 0 Å². The molecule has 3 aliphatic heterocycles. The molecule has 3 saturated heterocycles. The highest BCUT2D eigenvalue weighted by Crippen LogP contribution is 2.44. The van der Waals surface area contributed by atoms with Gasteiger partial charge in [0.1, 0.15) is 33.5 Å². The lowest BCUT2D eigenvalue weighted by Gasteiger charge is -2.32. The normalized spacial score (nSPS) is 17.8. The Balaban J connectivity index is 0.000000129. The van der Waals surface area contributed by atoms with E-state index in [0.29, 0.717) is 0 Å². The Morgan fingerprint density at radius 1 is 0.321 bits per heavy atom. The first-order chi connectivity index (χ1) is 40.1. The van der Waals surface area contributed by atoms with Crippen molar-refractivity contribution in [2.24, 2.45) is 0 Å². The van der Waals surface area contributed by atoms with Gasteiger partial charge in [0, 0.05) is 50.2 Å². The van der Waals surface area contributed by atoms with Gasteiger partial charge in [-0.15, -0.1) is 0 Å². The second kappa shape index (κ2) is 25.4. The molecule has 9 nitrogen and oxygen atoms in total.